The zero-order valence-electron chi connectivity index (χ0n) is 10.1. The summed E-state index contributed by atoms with van der Waals surface area (Å²) in [6, 6.07) is 2.49. The van der Waals surface area contributed by atoms with Crippen molar-refractivity contribution in [3.63, 3.8) is 0 Å². The zero-order chi connectivity index (χ0) is 13.4. The molecule has 0 radical (unpaired) electrons. The van der Waals surface area contributed by atoms with Gasteiger partial charge in [-0.1, -0.05) is 0 Å². The van der Waals surface area contributed by atoms with E-state index >= 15 is 0 Å². The van der Waals surface area contributed by atoms with Crippen molar-refractivity contribution in [1.82, 2.24) is 0 Å². The van der Waals surface area contributed by atoms with E-state index in [0.29, 0.717) is 30.7 Å². The lowest BCUT2D eigenvalue weighted by Crippen LogP contribution is -2.30. The van der Waals surface area contributed by atoms with Gasteiger partial charge in [0.05, 0.1) is 25.4 Å². The minimum absolute atomic E-state index is 0.138. The third-order valence-corrected chi connectivity index (χ3v) is 3.27. The molecule has 1 atom stereocenters. The van der Waals surface area contributed by atoms with Crippen molar-refractivity contribution in [2.24, 2.45) is 0 Å². The number of fused-ring (bicyclic) bond motifs is 1. The number of rotatable bonds is 2. The fourth-order valence-electron chi connectivity index (χ4n) is 2.22. The maximum absolute atomic E-state index is 13.8. The van der Waals surface area contributed by atoms with Gasteiger partial charge in [-0.2, -0.15) is 0 Å². The fourth-order valence-corrected chi connectivity index (χ4v) is 2.22. The summed E-state index contributed by atoms with van der Waals surface area (Å²) in [4.78, 5) is 11.9. The van der Waals surface area contributed by atoms with E-state index in [1.165, 1.54) is 12.1 Å². The molecule has 1 aromatic carbocycles. The normalized spacial score (nSPS) is 21.6. The molecular formula is C12H12BFO5. The van der Waals surface area contributed by atoms with Crippen molar-refractivity contribution in [3.8, 4) is 0 Å². The zero-order valence-corrected chi connectivity index (χ0v) is 10.1. The Balaban J connectivity index is 1.83. The Morgan fingerprint density at radius 2 is 2.37 bits per heavy atom. The SMILES string of the molecule is O=C(OC1CCOC1)c1cc2c(cc1F)COB2O. The van der Waals surface area contributed by atoms with Crippen LogP contribution in [0.1, 0.15) is 22.3 Å². The summed E-state index contributed by atoms with van der Waals surface area (Å²) in [5.74, 6) is -1.41. The van der Waals surface area contributed by atoms with Gasteiger partial charge in [0, 0.05) is 6.42 Å². The Morgan fingerprint density at radius 1 is 1.53 bits per heavy atom. The minimum Gasteiger partial charge on any atom is -0.456 e. The average molecular weight is 266 g/mol. The van der Waals surface area contributed by atoms with Gasteiger partial charge in [-0.3, -0.25) is 0 Å². The highest BCUT2D eigenvalue weighted by molar-refractivity contribution is 6.61. The Kier molecular flexibility index (Phi) is 3.26. The molecule has 100 valence electrons. The van der Waals surface area contributed by atoms with E-state index in [1.807, 2.05) is 0 Å². The third-order valence-electron chi connectivity index (χ3n) is 3.27. The standard InChI is InChI=1S/C12H12BFO5/c14-11-3-7-5-18-13(16)10(7)4-9(11)12(15)19-8-1-2-17-6-8/h3-4,8,16H,1-2,5-6H2. The quantitative estimate of drug-likeness (QED) is 0.602. The summed E-state index contributed by atoms with van der Waals surface area (Å²) in [5, 5.41) is 9.55. The van der Waals surface area contributed by atoms with Gasteiger partial charge in [0.2, 0.25) is 0 Å². The monoisotopic (exact) mass is 266 g/mol. The Hall–Kier alpha value is -1.44. The molecule has 1 aromatic rings. The van der Waals surface area contributed by atoms with E-state index in [1.54, 1.807) is 0 Å². The van der Waals surface area contributed by atoms with Crippen molar-refractivity contribution in [3.05, 3.63) is 29.1 Å². The van der Waals surface area contributed by atoms with Crippen molar-refractivity contribution in [2.75, 3.05) is 13.2 Å². The van der Waals surface area contributed by atoms with Crippen LogP contribution in [0.5, 0.6) is 0 Å². The minimum atomic E-state index is -1.11. The summed E-state index contributed by atoms with van der Waals surface area (Å²) >= 11 is 0. The number of ether oxygens (including phenoxy) is 2. The lowest BCUT2D eigenvalue weighted by atomic mass is 9.78. The largest absolute Gasteiger partial charge is 0.491 e. The van der Waals surface area contributed by atoms with Gasteiger partial charge >= 0.3 is 13.1 Å². The van der Waals surface area contributed by atoms with Crippen LogP contribution in [-0.4, -0.2) is 37.4 Å². The molecule has 1 saturated heterocycles. The van der Waals surface area contributed by atoms with Gasteiger partial charge in [0.25, 0.3) is 0 Å². The third kappa shape index (κ3) is 2.36. The second kappa shape index (κ2) is 4.92. The van der Waals surface area contributed by atoms with E-state index in [4.69, 9.17) is 14.1 Å². The maximum Gasteiger partial charge on any atom is 0.491 e. The smallest absolute Gasteiger partial charge is 0.456 e. The molecule has 2 aliphatic heterocycles. The molecule has 19 heavy (non-hydrogen) atoms. The second-order valence-electron chi connectivity index (χ2n) is 4.59. The number of hydrogen-bond donors (Lipinski definition) is 1. The number of benzene rings is 1. The van der Waals surface area contributed by atoms with Crippen molar-refractivity contribution in [1.29, 1.82) is 0 Å². The van der Waals surface area contributed by atoms with Crippen LogP contribution in [0.25, 0.3) is 0 Å². The fraction of sp³-hybridized carbons (Fsp3) is 0.417. The highest BCUT2D eigenvalue weighted by atomic mass is 19.1. The van der Waals surface area contributed by atoms with E-state index in [2.05, 4.69) is 0 Å². The summed E-state index contributed by atoms with van der Waals surface area (Å²) in [5.41, 5.74) is 0.775. The molecule has 0 bridgehead atoms. The highest BCUT2D eigenvalue weighted by Crippen LogP contribution is 2.18. The average Bonchev–Trinajstić information content (AvgIpc) is 2.99. The first-order valence-corrected chi connectivity index (χ1v) is 6.06. The molecule has 0 spiro atoms. The first-order chi connectivity index (χ1) is 9.15. The number of carbonyl (C=O) groups is 1. The van der Waals surface area contributed by atoms with Crippen LogP contribution in [-0.2, 0) is 20.7 Å². The predicted molar refractivity (Wildman–Crippen MR) is 63.4 cm³/mol. The van der Waals surface area contributed by atoms with Gasteiger partial charge in [-0.15, -0.1) is 0 Å². The molecule has 3 rings (SSSR count). The molecule has 1 unspecified atom stereocenters. The molecule has 2 heterocycles. The predicted octanol–water partition coefficient (Wildman–Crippen LogP) is -0.0109. The van der Waals surface area contributed by atoms with Gasteiger partial charge < -0.3 is 19.2 Å². The van der Waals surface area contributed by atoms with E-state index in [-0.39, 0.29) is 18.3 Å². The van der Waals surface area contributed by atoms with E-state index < -0.39 is 18.9 Å². The molecule has 1 N–H and O–H groups in total. The van der Waals surface area contributed by atoms with E-state index in [9.17, 15) is 14.2 Å². The molecule has 2 aliphatic rings. The second-order valence-corrected chi connectivity index (χ2v) is 4.59. The number of esters is 1. The van der Waals surface area contributed by atoms with Crippen molar-refractivity contribution >= 4 is 18.6 Å². The molecule has 0 aliphatic carbocycles. The topological polar surface area (TPSA) is 65.0 Å². The molecule has 1 fully saturated rings. The van der Waals surface area contributed by atoms with Crippen LogP contribution in [0.15, 0.2) is 12.1 Å². The summed E-state index contributed by atoms with van der Waals surface area (Å²) in [6.45, 7) is 1.01. The molecule has 5 nitrogen and oxygen atoms in total. The van der Waals surface area contributed by atoms with Crippen LogP contribution in [0.3, 0.4) is 0 Å². The Labute approximate surface area is 109 Å². The molecule has 0 aromatic heterocycles. The lowest BCUT2D eigenvalue weighted by Gasteiger charge is -2.11. The first-order valence-electron chi connectivity index (χ1n) is 6.06. The maximum atomic E-state index is 13.8. The number of halogens is 1. The van der Waals surface area contributed by atoms with Crippen molar-refractivity contribution in [2.45, 2.75) is 19.1 Å². The number of hydrogen-bond acceptors (Lipinski definition) is 5. The molecule has 7 heteroatoms. The molecule has 0 amide bonds. The summed E-state index contributed by atoms with van der Waals surface area (Å²) in [6.07, 6.45) is 0.283. The summed E-state index contributed by atoms with van der Waals surface area (Å²) in [7, 11) is -1.11. The van der Waals surface area contributed by atoms with Crippen LogP contribution in [0, 0.1) is 5.82 Å². The number of carbonyl (C=O) groups excluding carboxylic acids is 1. The van der Waals surface area contributed by atoms with Gasteiger partial charge in [-0.05, 0) is 23.2 Å². The Morgan fingerprint density at radius 3 is 3.11 bits per heavy atom. The van der Waals surface area contributed by atoms with Crippen LogP contribution >= 0.6 is 0 Å². The first kappa shape index (κ1) is 12.6. The van der Waals surface area contributed by atoms with Crippen LogP contribution in [0.4, 0.5) is 4.39 Å². The lowest BCUT2D eigenvalue weighted by molar-refractivity contribution is 0.0266. The van der Waals surface area contributed by atoms with Crippen LogP contribution < -0.4 is 5.46 Å². The Bertz CT molecular complexity index is 515. The van der Waals surface area contributed by atoms with Crippen molar-refractivity contribution < 1.29 is 28.3 Å². The molecular weight excluding hydrogens is 254 g/mol. The molecule has 0 saturated carbocycles. The van der Waals surface area contributed by atoms with Gasteiger partial charge in [-0.25, -0.2) is 9.18 Å². The highest BCUT2D eigenvalue weighted by Gasteiger charge is 2.31. The summed E-state index contributed by atoms with van der Waals surface area (Å²) < 4.78 is 29.0. The van der Waals surface area contributed by atoms with E-state index in [0.717, 1.165) is 0 Å². The van der Waals surface area contributed by atoms with Gasteiger partial charge in [0.15, 0.2) is 0 Å². The van der Waals surface area contributed by atoms with Gasteiger partial charge in [0.1, 0.15) is 11.9 Å². The van der Waals surface area contributed by atoms with Crippen LogP contribution in [0.2, 0.25) is 0 Å².